The molecule has 0 bridgehead atoms. The number of aromatic amines is 1. The van der Waals surface area contributed by atoms with Gasteiger partial charge in [-0.2, -0.15) is 0 Å². The third kappa shape index (κ3) is 3.55. The number of hydrogen-bond acceptors (Lipinski definition) is 5. The second kappa shape index (κ2) is 8.30. The number of H-pyrrole nitrogens is 1. The fraction of sp³-hybridized carbons (Fsp3) is 0.143. The summed E-state index contributed by atoms with van der Waals surface area (Å²) in [4.78, 5) is 28.2. The number of anilines is 1. The summed E-state index contributed by atoms with van der Waals surface area (Å²) >= 11 is 0. The Kier molecular flexibility index (Phi) is 5.64. The summed E-state index contributed by atoms with van der Waals surface area (Å²) in [5.74, 6) is 1.09. The van der Waals surface area contributed by atoms with E-state index in [1.165, 1.54) is 0 Å². The minimum absolute atomic E-state index is 0.202. The van der Waals surface area contributed by atoms with Crippen LogP contribution in [0.2, 0.25) is 0 Å². The van der Waals surface area contributed by atoms with Crippen LogP contribution in [0.4, 0.5) is 5.82 Å². The van der Waals surface area contributed by atoms with Gasteiger partial charge < -0.3 is 10.3 Å². The van der Waals surface area contributed by atoms with Gasteiger partial charge in [0.25, 0.3) is 5.56 Å². The van der Waals surface area contributed by atoms with Crippen LogP contribution in [-0.2, 0) is 0 Å². The highest BCUT2D eigenvalue weighted by Gasteiger charge is 2.12. The van der Waals surface area contributed by atoms with E-state index in [9.17, 15) is 4.79 Å². The number of rotatable bonds is 4. The summed E-state index contributed by atoms with van der Waals surface area (Å²) in [6.45, 7) is 9.66. The predicted octanol–water partition coefficient (Wildman–Crippen LogP) is 4.16. The van der Waals surface area contributed by atoms with Gasteiger partial charge in [0.05, 0.1) is 11.1 Å². The molecule has 4 rings (SSSR count). The maximum absolute atomic E-state index is 12.3. The Balaban J connectivity index is 0.00000109. The van der Waals surface area contributed by atoms with Gasteiger partial charge in [-0.1, -0.05) is 26.5 Å². The third-order valence-electron chi connectivity index (χ3n) is 4.09. The fourth-order valence-corrected chi connectivity index (χ4v) is 2.78. The van der Waals surface area contributed by atoms with Gasteiger partial charge >= 0.3 is 0 Å². The number of nitrogens with zero attached hydrogens (tertiary/aromatic N) is 4. The van der Waals surface area contributed by atoms with E-state index in [0.29, 0.717) is 22.7 Å². The van der Waals surface area contributed by atoms with Gasteiger partial charge in [-0.15, -0.1) is 0 Å². The van der Waals surface area contributed by atoms with E-state index in [1.54, 1.807) is 24.7 Å². The first-order chi connectivity index (χ1) is 13.7. The number of pyridine rings is 2. The SMILES string of the molecule is C=C/C(=C\C)Nc1nc(-c2cnc3nccn3c2)cc2cc[nH]c(=O)c12.CC. The summed E-state index contributed by atoms with van der Waals surface area (Å²) in [5, 5.41) is 4.46. The third-order valence-corrected chi connectivity index (χ3v) is 4.09. The molecule has 28 heavy (non-hydrogen) atoms. The van der Waals surface area contributed by atoms with Crippen molar-refractivity contribution in [3.05, 3.63) is 77.9 Å². The van der Waals surface area contributed by atoms with Crippen LogP contribution in [0.3, 0.4) is 0 Å². The molecular weight excluding hydrogens is 352 g/mol. The Bertz CT molecular complexity index is 1220. The van der Waals surface area contributed by atoms with E-state index in [-0.39, 0.29) is 5.56 Å². The molecule has 0 aliphatic heterocycles. The lowest BCUT2D eigenvalue weighted by Gasteiger charge is -2.11. The highest BCUT2D eigenvalue weighted by molar-refractivity contribution is 5.94. The number of fused-ring (bicyclic) bond motifs is 2. The van der Waals surface area contributed by atoms with E-state index in [2.05, 4.69) is 31.8 Å². The van der Waals surface area contributed by atoms with E-state index in [1.807, 2.05) is 55.8 Å². The first-order valence-corrected chi connectivity index (χ1v) is 9.07. The van der Waals surface area contributed by atoms with Crippen molar-refractivity contribution in [1.29, 1.82) is 0 Å². The number of allylic oxidation sites excluding steroid dienone is 2. The molecule has 0 saturated carbocycles. The molecule has 142 valence electrons. The highest BCUT2D eigenvalue weighted by atomic mass is 16.1. The molecule has 4 aromatic rings. The van der Waals surface area contributed by atoms with Crippen molar-refractivity contribution < 1.29 is 0 Å². The summed E-state index contributed by atoms with van der Waals surface area (Å²) in [6, 6.07) is 3.72. The van der Waals surface area contributed by atoms with Crippen LogP contribution in [0, 0.1) is 0 Å². The molecule has 0 amide bonds. The fourth-order valence-electron chi connectivity index (χ4n) is 2.78. The molecule has 4 aromatic heterocycles. The van der Waals surface area contributed by atoms with E-state index in [4.69, 9.17) is 0 Å². The number of hydrogen-bond donors (Lipinski definition) is 2. The monoisotopic (exact) mass is 374 g/mol. The standard InChI is InChI=1S/C19H16N6O.C2H6/c1-3-14(4-2)23-17-16-12(5-6-20-18(16)26)9-15(24-17)13-10-22-19-21-7-8-25(19)11-13;1-2/h3-11H,1H2,2H3,(H,20,26)(H,23,24);1-2H3/b14-4+;. The van der Waals surface area contributed by atoms with Crippen molar-refractivity contribution in [3.8, 4) is 11.3 Å². The zero-order valence-corrected chi connectivity index (χ0v) is 16.1. The van der Waals surface area contributed by atoms with Crippen molar-refractivity contribution in [2.75, 3.05) is 5.32 Å². The Morgan fingerprint density at radius 3 is 2.89 bits per heavy atom. The summed E-state index contributed by atoms with van der Waals surface area (Å²) in [7, 11) is 0. The van der Waals surface area contributed by atoms with Gasteiger partial charge in [0.1, 0.15) is 5.82 Å². The van der Waals surface area contributed by atoms with E-state index < -0.39 is 0 Å². The molecular formula is C21H22N6O. The topological polar surface area (TPSA) is 88.0 Å². The predicted molar refractivity (Wildman–Crippen MR) is 113 cm³/mol. The second-order valence-electron chi connectivity index (χ2n) is 5.68. The lowest BCUT2D eigenvalue weighted by molar-refractivity contribution is 1.10. The molecule has 7 nitrogen and oxygen atoms in total. The van der Waals surface area contributed by atoms with Crippen molar-refractivity contribution in [1.82, 2.24) is 24.3 Å². The van der Waals surface area contributed by atoms with Gasteiger partial charge in [-0.3, -0.25) is 9.20 Å². The minimum Gasteiger partial charge on any atom is -0.340 e. The van der Waals surface area contributed by atoms with Gasteiger partial charge in [0.15, 0.2) is 0 Å². The normalized spacial score (nSPS) is 11.2. The first-order valence-electron chi connectivity index (χ1n) is 9.07. The Hall–Kier alpha value is -3.74. The van der Waals surface area contributed by atoms with Gasteiger partial charge in [-0.05, 0) is 30.5 Å². The smallest absolute Gasteiger partial charge is 0.259 e. The molecule has 0 atom stereocenters. The molecule has 0 radical (unpaired) electrons. The Morgan fingerprint density at radius 2 is 2.14 bits per heavy atom. The van der Waals surface area contributed by atoms with Crippen LogP contribution >= 0.6 is 0 Å². The van der Waals surface area contributed by atoms with E-state index in [0.717, 1.165) is 16.6 Å². The van der Waals surface area contributed by atoms with Gasteiger partial charge in [-0.25, -0.2) is 15.0 Å². The summed E-state index contributed by atoms with van der Waals surface area (Å²) in [5.41, 5.74) is 2.09. The van der Waals surface area contributed by atoms with Crippen LogP contribution in [-0.4, -0.2) is 24.3 Å². The second-order valence-corrected chi connectivity index (χ2v) is 5.68. The van der Waals surface area contributed by atoms with Crippen LogP contribution in [0.25, 0.3) is 27.8 Å². The zero-order valence-electron chi connectivity index (χ0n) is 16.1. The van der Waals surface area contributed by atoms with Crippen LogP contribution in [0.1, 0.15) is 20.8 Å². The molecule has 4 heterocycles. The van der Waals surface area contributed by atoms with Gasteiger partial charge in [0, 0.05) is 42.2 Å². The molecule has 0 saturated heterocycles. The Morgan fingerprint density at radius 1 is 1.32 bits per heavy atom. The molecule has 0 unspecified atom stereocenters. The van der Waals surface area contributed by atoms with Crippen molar-refractivity contribution in [2.24, 2.45) is 0 Å². The van der Waals surface area contributed by atoms with Crippen LogP contribution in [0.15, 0.2) is 72.3 Å². The summed E-state index contributed by atoms with van der Waals surface area (Å²) in [6.07, 6.45) is 12.3. The maximum atomic E-state index is 12.3. The van der Waals surface area contributed by atoms with Gasteiger partial charge in [0.2, 0.25) is 5.78 Å². The zero-order chi connectivity index (χ0) is 20.1. The molecule has 0 aliphatic carbocycles. The molecule has 7 heteroatoms. The molecule has 0 spiro atoms. The Labute approximate surface area is 162 Å². The van der Waals surface area contributed by atoms with Crippen LogP contribution < -0.4 is 10.9 Å². The first kappa shape index (κ1) is 19.0. The van der Waals surface area contributed by atoms with Crippen molar-refractivity contribution in [2.45, 2.75) is 20.8 Å². The van der Waals surface area contributed by atoms with E-state index >= 15 is 0 Å². The number of imidazole rings is 1. The molecule has 0 fully saturated rings. The molecule has 0 aliphatic rings. The molecule has 2 N–H and O–H groups in total. The maximum Gasteiger partial charge on any atom is 0.259 e. The van der Waals surface area contributed by atoms with Crippen molar-refractivity contribution in [3.63, 3.8) is 0 Å². The lowest BCUT2D eigenvalue weighted by atomic mass is 10.1. The lowest BCUT2D eigenvalue weighted by Crippen LogP contribution is -2.10. The number of aromatic nitrogens is 5. The number of nitrogens with one attached hydrogen (secondary N) is 2. The van der Waals surface area contributed by atoms with Crippen LogP contribution in [0.5, 0.6) is 0 Å². The largest absolute Gasteiger partial charge is 0.340 e. The van der Waals surface area contributed by atoms with Crippen molar-refractivity contribution >= 4 is 22.4 Å². The average molecular weight is 374 g/mol. The highest BCUT2D eigenvalue weighted by Crippen LogP contribution is 2.26. The minimum atomic E-state index is -0.202. The average Bonchev–Trinajstić information content (AvgIpc) is 3.21. The summed E-state index contributed by atoms with van der Waals surface area (Å²) < 4.78 is 1.83. The molecule has 0 aromatic carbocycles. The quantitative estimate of drug-likeness (QED) is 0.524.